The highest BCUT2D eigenvalue weighted by Gasteiger charge is 2.29. The molecule has 0 bridgehead atoms. The number of fused-ring (bicyclic) bond motifs is 2. The molecule has 1 aliphatic carbocycles. The molecular formula is C33H30FN7O3. The van der Waals surface area contributed by atoms with Gasteiger partial charge in [-0.3, -0.25) is 14.6 Å². The number of rotatable bonds is 9. The van der Waals surface area contributed by atoms with E-state index in [1.54, 1.807) is 17.8 Å². The van der Waals surface area contributed by atoms with Crippen molar-refractivity contribution in [2.24, 2.45) is 0 Å². The zero-order chi connectivity index (χ0) is 30.4. The summed E-state index contributed by atoms with van der Waals surface area (Å²) in [6, 6.07) is 16.9. The Hall–Kier alpha value is -5.32. The van der Waals surface area contributed by atoms with Gasteiger partial charge in [-0.15, -0.1) is 5.10 Å². The number of imidazole rings is 1. The van der Waals surface area contributed by atoms with Crippen molar-refractivity contribution in [3.8, 4) is 17.0 Å². The predicted molar refractivity (Wildman–Crippen MR) is 164 cm³/mol. The molecule has 222 valence electrons. The van der Waals surface area contributed by atoms with Crippen molar-refractivity contribution in [3.63, 3.8) is 0 Å². The molecule has 11 heteroatoms. The fourth-order valence-electron chi connectivity index (χ4n) is 5.69. The summed E-state index contributed by atoms with van der Waals surface area (Å²) in [4.78, 5) is 37.4. The van der Waals surface area contributed by atoms with Crippen LogP contribution in [-0.2, 0) is 13.0 Å². The number of anilines is 3. The van der Waals surface area contributed by atoms with Crippen LogP contribution in [0.15, 0.2) is 67.0 Å². The van der Waals surface area contributed by atoms with Crippen LogP contribution in [-0.4, -0.2) is 58.5 Å². The molecule has 7 rings (SSSR count). The number of nitrogens with zero attached hydrogens (tertiary/aromatic N) is 6. The normalized spacial score (nSPS) is 14.0. The third-order valence-electron chi connectivity index (χ3n) is 8.13. The van der Waals surface area contributed by atoms with Crippen LogP contribution in [0, 0.1) is 5.82 Å². The number of pyridine rings is 1. The second-order valence-corrected chi connectivity index (χ2v) is 11.1. The van der Waals surface area contributed by atoms with Gasteiger partial charge in [-0.2, -0.15) is 0 Å². The summed E-state index contributed by atoms with van der Waals surface area (Å²) in [5.74, 6) is 0.658. The molecule has 1 saturated carbocycles. The smallest absolute Gasteiger partial charge is 0.271 e. The maximum atomic E-state index is 15.0. The van der Waals surface area contributed by atoms with Crippen LogP contribution < -0.4 is 19.9 Å². The first-order chi connectivity index (χ1) is 21.4. The number of carbonyl (C=O) groups excluding carboxylic acids is 2. The van der Waals surface area contributed by atoms with E-state index < -0.39 is 5.82 Å². The van der Waals surface area contributed by atoms with Gasteiger partial charge in [-0.05, 0) is 54.7 Å². The summed E-state index contributed by atoms with van der Waals surface area (Å²) in [5, 5.41) is 7.98. The quantitative estimate of drug-likeness (QED) is 0.240. The number of aldehydes is 1. The minimum atomic E-state index is -0.548. The van der Waals surface area contributed by atoms with Crippen molar-refractivity contribution < 1.29 is 18.7 Å². The molecule has 0 unspecified atom stereocenters. The second kappa shape index (κ2) is 11.1. The standard InChI is InChI=1S/C33H30FN7O3/c1-39(18-20-6-10-23(44-2)11-7-20)28-15-30(38-41-29(17-36-32(28)41)33(43)37-22-8-9-22)40-13-12-24-25(4-3-5-27(24)40)31-26(34)14-21(19-42)16-35-31/h3-7,10-11,14-17,19,22H,8-9,12-13,18H2,1-2H3,(H,37,43). The van der Waals surface area contributed by atoms with Gasteiger partial charge in [-0.1, -0.05) is 24.3 Å². The minimum absolute atomic E-state index is 0.186. The summed E-state index contributed by atoms with van der Waals surface area (Å²) < 4.78 is 22.0. The van der Waals surface area contributed by atoms with Gasteiger partial charge in [0.2, 0.25) is 0 Å². The van der Waals surface area contributed by atoms with Gasteiger partial charge >= 0.3 is 0 Å². The summed E-state index contributed by atoms with van der Waals surface area (Å²) in [6.07, 6.45) is 6.11. The zero-order valence-electron chi connectivity index (χ0n) is 24.3. The van der Waals surface area contributed by atoms with Crippen molar-refractivity contribution in [3.05, 3.63) is 95.2 Å². The largest absolute Gasteiger partial charge is 0.497 e. The van der Waals surface area contributed by atoms with E-state index in [1.807, 2.05) is 55.6 Å². The first-order valence-electron chi connectivity index (χ1n) is 14.5. The summed E-state index contributed by atoms with van der Waals surface area (Å²) >= 11 is 0. The number of aromatic nitrogens is 4. The number of hydrogen-bond donors (Lipinski definition) is 1. The lowest BCUT2D eigenvalue weighted by Gasteiger charge is -2.24. The second-order valence-electron chi connectivity index (χ2n) is 11.1. The lowest BCUT2D eigenvalue weighted by Crippen LogP contribution is -2.27. The lowest BCUT2D eigenvalue weighted by molar-refractivity contribution is 0.0943. The molecule has 4 heterocycles. The topological polar surface area (TPSA) is 105 Å². The molecule has 0 saturated heterocycles. The Balaban J connectivity index is 1.30. The van der Waals surface area contributed by atoms with Crippen LogP contribution >= 0.6 is 0 Å². The van der Waals surface area contributed by atoms with Crippen molar-refractivity contribution in [2.75, 3.05) is 30.5 Å². The van der Waals surface area contributed by atoms with Crippen molar-refractivity contribution in [1.29, 1.82) is 0 Å². The fraction of sp³-hybridized carbons (Fsp3) is 0.242. The van der Waals surface area contributed by atoms with Gasteiger partial charge < -0.3 is 19.9 Å². The third-order valence-corrected chi connectivity index (χ3v) is 8.13. The van der Waals surface area contributed by atoms with E-state index in [-0.39, 0.29) is 23.2 Å². The molecule has 2 aromatic carbocycles. The number of nitrogens with one attached hydrogen (secondary N) is 1. The first kappa shape index (κ1) is 27.5. The zero-order valence-corrected chi connectivity index (χ0v) is 24.3. The van der Waals surface area contributed by atoms with Crippen LogP contribution in [0.5, 0.6) is 5.75 Å². The van der Waals surface area contributed by atoms with Gasteiger partial charge in [0.25, 0.3) is 5.91 Å². The highest BCUT2D eigenvalue weighted by molar-refractivity contribution is 5.94. The molecule has 1 N–H and O–H groups in total. The van der Waals surface area contributed by atoms with Crippen LogP contribution in [0.2, 0.25) is 0 Å². The van der Waals surface area contributed by atoms with Crippen molar-refractivity contribution in [1.82, 2.24) is 24.9 Å². The fourth-order valence-corrected chi connectivity index (χ4v) is 5.69. The molecule has 0 atom stereocenters. The van der Waals surface area contributed by atoms with E-state index in [9.17, 15) is 9.59 Å². The van der Waals surface area contributed by atoms with Gasteiger partial charge in [0.1, 0.15) is 17.3 Å². The molecule has 3 aromatic heterocycles. The van der Waals surface area contributed by atoms with E-state index in [2.05, 4.69) is 25.1 Å². The van der Waals surface area contributed by atoms with Gasteiger partial charge in [0.05, 0.1) is 19.0 Å². The van der Waals surface area contributed by atoms with Crippen LogP contribution in [0.25, 0.3) is 16.9 Å². The highest BCUT2D eigenvalue weighted by atomic mass is 19.1. The van der Waals surface area contributed by atoms with Crippen LogP contribution in [0.1, 0.15) is 44.8 Å². The maximum Gasteiger partial charge on any atom is 0.271 e. The Morgan fingerprint density at radius 3 is 2.68 bits per heavy atom. The molecule has 44 heavy (non-hydrogen) atoms. The molecule has 0 spiro atoms. The predicted octanol–water partition coefficient (Wildman–Crippen LogP) is 4.97. The summed E-state index contributed by atoms with van der Waals surface area (Å²) in [6.45, 7) is 1.18. The molecule has 0 radical (unpaired) electrons. The Bertz CT molecular complexity index is 1900. The molecule has 1 aliphatic heterocycles. The molecular weight excluding hydrogens is 561 g/mol. The average molecular weight is 592 g/mol. The van der Waals surface area contributed by atoms with Crippen LogP contribution in [0.3, 0.4) is 0 Å². The first-order valence-corrected chi connectivity index (χ1v) is 14.5. The molecule has 5 aromatic rings. The molecule has 1 fully saturated rings. The van der Waals surface area contributed by atoms with Gasteiger partial charge in [-0.25, -0.2) is 13.9 Å². The summed E-state index contributed by atoms with van der Waals surface area (Å²) in [7, 11) is 3.62. The third kappa shape index (κ3) is 5.00. The number of carbonyl (C=O) groups is 2. The number of benzene rings is 2. The molecule has 10 nitrogen and oxygen atoms in total. The Morgan fingerprint density at radius 1 is 1.14 bits per heavy atom. The monoisotopic (exact) mass is 591 g/mol. The van der Waals surface area contributed by atoms with E-state index >= 15 is 4.39 Å². The number of hydrogen-bond acceptors (Lipinski definition) is 8. The van der Waals surface area contributed by atoms with Gasteiger partial charge in [0, 0.05) is 55.3 Å². The SMILES string of the molecule is COc1ccc(CN(C)c2cc(N3CCc4c(-c5ncc(C=O)cc5F)cccc43)nn3c(C(=O)NC4CC4)cnc23)cc1. The van der Waals surface area contributed by atoms with E-state index in [4.69, 9.17) is 9.84 Å². The van der Waals surface area contributed by atoms with Crippen molar-refractivity contribution >= 4 is 35.0 Å². The summed E-state index contributed by atoms with van der Waals surface area (Å²) in [5.41, 5.74) is 5.69. The maximum absolute atomic E-state index is 15.0. The Kier molecular flexibility index (Phi) is 6.92. The van der Waals surface area contributed by atoms with Crippen LogP contribution in [0.4, 0.5) is 21.6 Å². The van der Waals surface area contributed by atoms with E-state index in [1.165, 1.54) is 12.3 Å². The Labute approximate surface area is 253 Å². The highest BCUT2D eigenvalue weighted by Crippen LogP contribution is 2.40. The lowest BCUT2D eigenvalue weighted by atomic mass is 10.0. The average Bonchev–Trinajstić information content (AvgIpc) is 3.57. The van der Waals surface area contributed by atoms with E-state index in [0.717, 1.165) is 41.1 Å². The Morgan fingerprint density at radius 2 is 1.95 bits per heavy atom. The number of methoxy groups -OCH3 is 1. The number of halogens is 1. The minimum Gasteiger partial charge on any atom is -0.497 e. The molecule has 1 amide bonds. The number of ether oxygens (including phenoxy) is 1. The number of amides is 1. The van der Waals surface area contributed by atoms with Gasteiger partial charge in [0.15, 0.2) is 23.4 Å². The van der Waals surface area contributed by atoms with Crippen molar-refractivity contribution in [2.45, 2.75) is 31.8 Å². The molecule has 2 aliphatic rings. The van der Waals surface area contributed by atoms with E-state index in [0.29, 0.717) is 48.5 Å².